The van der Waals surface area contributed by atoms with Crippen LogP contribution in [0.15, 0.2) is 33.7 Å². The summed E-state index contributed by atoms with van der Waals surface area (Å²) in [4.78, 5) is 18.7. The normalized spacial score (nSPS) is 17.2. The van der Waals surface area contributed by atoms with Crippen molar-refractivity contribution in [2.75, 3.05) is 27.7 Å². The Balaban J connectivity index is 0.00000338. The van der Waals surface area contributed by atoms with Crippen LogP contribution in [-0.2, 0) is 4.79 Å². The average molecular weight is 537 g/mol. The summed E-state index contributed by atoms with van der Waals surface area (Å²) in [6, 6.07) is 8.25. The molecule has 0 heterocycles. The van der Waals surface area contributed by atoms with Crippen molar-refractivity contribution in [2.45, 2.75) is 38.6 Å². The van der Waals surface area contributed by atoms with Crippen LogP contribution < -0.4 is 10.6 Å². The number of halogens is 2. The van der Waals surface area contributed by atoms with Crippen LogP contribution in [0.2, 0.25) is 0 Å². The predicted octanol–water partition coefficient (Wildman–Crippen LogP) is 3.94. The highest BCUT2D eigenvalue weighted by Crippen LogP contribution is 2.38. The molecule has 0 bridgehead atoms. The van der Waals surface area contributed by atoms with E-state index in [1.807, 2.05) is 32.3 Å². The maximum atomic E-state index is 12.7. The van der Waals surface area contributed by atoms with Crippen LogP contribution in [0.1, 0.15) is 44.2 Å². The molecule has 2 N–H and O–H groups in total. The van der Waals surface area contributed by atoms with Gasteiger partial charge in [0.05, 0.1) is 11.5 Å². The first-order valence-electron chi connectivity index (χ1n) is 8.83. The second-order valence-corrected chi connectivity index (χ2v) is 7.85. The summed E-state index contributed by atoms with van der Waals surface area (Å²) in [6.07, 6.45) is 4.10. The molecule has 0 radical (unpaired) electrons. The molecular weight excluding hydrogens is 507 g/mol. The van der Waals surface area contributed by atoms with Gasteiger partial charge < -0.3 is 15.5 Å². The molecule has 0 aromatic heterocycles. The Labute approximate surface area is 182 Å². The van der Waals surface area contributed by atoms with Gasteiger partial charge in [-0.3, -0.25) is 9.79 Å². The van der Waals surface area contributed by atoms with Crippen molar-refractivity contribution in [1.29, 1.82) is 0 Å². The highest BCUT2D eigenvalue weighted by Gasteiger charge is 2.42. The molecule has 1 amide bonds. The van der Waals surface area contributed by atoms with Gasteiger partial charge in [0, 0.05) is 32.2 Å². The zero-order valence-corrected chi connectivity index (χ0v) is 19.9. The maximum Gasteiger partial charge on any atom is 0.230 e. The fraction of sp³-hybridized carbons (Fsp3) is 0.579. The molecule has 146 valence electrons. The van der Waals surface area contributed by atoms with Crippen molar-refractivity contribution < 1.29 is 4.79 Å². The monoisotopic (exact) mass is 536 g/mol. The second kappa shape index (κ2) is 10.5. The van der Waals surface area contributed by atoms with Crippen LogP contribution in [0.4, 0.5) is 0 Å². The first-order valence-corrected chi connectivity index (χ1v) is 9.62. The van der Waals surface area contributed by atoms with Gasteiger partial charge in [-0.05, 0) is 31.4 Å². The third kappa shape index (κ3) is 5.58. The van der Waals surface area contributed by atoms with E-state index in [1.165, 1.54) is 5.56 Å². The second-order valence-electron chi connectivity index (χ2n) is 7.00. The van der Waals surface area contributed by atoms with Crippen molar-refractivity contribution in [3.05, 3.63) is 34.3 Å². The third-order valence-electron chi connectivity index (χ3n) is 4.96. The summed E-state index contributed by atoms with van der Waals surface area (Å²) in [6.45, 7) is 2.72. The van der Waals surface area contributed by atoms with Crippen LogP contribution >= 0.6 is 39.9 Å². The van der Waals surface area contributed by atoms with E-state index in [0.717, 1.165) is 36.1 Å². The van der Waals surface area contributed by atoms with Gasteiger partial charge >= 0.3 is 0 Å². The maximum absolute atomic E-state index is 12.7. The molecule has 1 aliphatic carbocycles. The minimum absolute atomic E-state index is 0. The molecule has 26 heavy (non-hydrogen) atoms. The number of nitrogens with one attached hydrogen (secondary N) is 2. The number of hydrogen-bond acceptors (Lipinski definition) is 2. The van der Waals surface area contributed by atoms with E-state index in [0.29, 0.717) is 6.54 Å². The first kappa shape index (κ1) is 23.2. The van der Waals surface area contributed by atoms with Crippen molar-refractivity contribution in [3.63, 3.8) is 0 Å². The lowest BCUT2D eigenvalue weighted by atomic mass is 9.84. The molecule has 0 aliphatic heterocycles. The summed E-state index contributed by atoms with van der Waals surface area (Å²) in [5.41, 5.74) is 0.864. The highest BCUT2D eigenvalue weighted by molar-refractivity contribution is 14.0. The molecule has 5 nitrogen and oxygen atoms in total. The number of guanidine groups is 1. The van der Waals surface area contributed by atoms with Gasteiger partial charge in [0.2, 0.25) is 5.91 Å². The van der Waals surface area contributed by atoms with Gasteiger partial charge in [-0.15, -0.1) is 24.0 Å². The number of hydrogen-bond donors (Lipinski definition) is 2. The van der Waals surface area contributed by atoms with Crippen molar-refractivity contribution in [2.24, 2.45) is 10.4 Å². The molecule has 1 fully saturated rings. The van der Waals surface area contributed by atoms with E-state index in [2.05, 4.69) is 44.5 Å². The van der Waals surface area contributed by atoms with E-state index in [-0.39, 0.29) is 41.3 Å². The molecule has 1 aromatic carbocycles. The fourth-order valence-electron chi connectivity index (χ4n) is 3.55. The van der Waals surface area contributed by atoms with Gasteiger partial charge in [-0.2, -0.15) is 0 Å². The van der Waals surface area contributed by atoms with E-state index in [9.17, 15) is 4.79 Å². The lowest BCUT2D eigenvalue weighted by Gasteiger charge is -2.31. The van der Waals surface area contributed by atoms with Crippen molar-refractivity contribution in [1.82, 2.24) is 15.5 Å². The Kier molecular flexibility index (Phi) is 9.36. The van der Waals surface area contributed by atoms with Gasteiger partial charge in [0.15, 0.2) is 5.96 Å². The average Bonchev–Trinajstić information content (AvgIpc) is 3.08. The number of carbonyl (C=O) groups excluding carboxylic acids is 1. The van der Waals surface area contributed by atoms with Crippen LogP contribution in [0.25, 0.3) is 0 Å². The SMILES string of the molecule is CN=C(NCC1(C(=O)N(C)C)CCCC1)NC(C)c1ccccc1Br.I. The van der Waals surface area contributed by atoms with Crippen molar-refractivity contribution >= 4 is 51.8 Å². The molecule has 1 aliphatic rings. The van der Waals surface area contributed by atoms with Crippen LogP contribution in [0.5, 0.6) is 0 Å². The molecule has 0 saturated heterocycles. The number of nitrogens with zero attached hydrogens (tertiary/aromatic N) is 2. The largest absolute Gasteiger partial charge is 0.355 e. The summed E-state index contributed by atoms with van der Waals surface area (Å²) in [5.74, 6) is 0.938. The minimum atomic E-state index is -0.308. The lowest BCUT2D eigenvalue weighted by Crippen LogP contribution is -2.49. The quantitative estimate of drug-likeness (QED) is 0.340. The van der Waals surface area contributed by atoms with E-state index >= 15 is 0 Å². The standard InChI is InChI=1S/C19H29BrN4O.HI/c1-14(15-9-5-6-10-16(15)20)23-18(21-2)22-13-19(11-7-8-12-19)17(25)24(3)4;/h5-6,9-10,14H,7-8,11-13H2,1-4H3,(H2,21,22,23);1H. The van der Waals surface area contributed by atoms with Gasteiger partial charge in [-0.25, -0.2) is 0 Å². The van der Waals surface area contributed by atoms with Gasteiger partial charge in [0.1, 0.15) is 0 Å². The predicted molar refractivity (Wildman–Crippen MR) is 122 cm³/mol. The molecule has 7 heteroatoms. The molecule has 2 rings (SSSR count). The summed E-state index contributed by atoms with van der Waals surface area (Å²) >= 11 is 3.59. The first-order chi connectivity index (χ1) is 11.9. The van der Waals surface area contributed by atoms with Gasteiger partial charge in [0.25, 0.3) is 0 Å². The summed E-state index contributed by atoms with van der Waals surface area (Å²) < 4.78 is 1.07. The van der Waals surface area contributed by atoms with Crippen LogP contribution in [-0.4, -0.2) is 44.5 Å². The van der Waals surface area contributed by atoms with E-state index in [1.54, 1.807) is 11.9 Å². The topological polar surface area (TPSA) is 56.7 Å². The Bertz CT molecular complexity index is 630. The number of benzene rings is 1. The fourth-order valence-corrected chi connectivity index (χ4v) is 4.18. The Morgan fingerprint density at radius 2 is 1.92 bits per heavy atom. The smallest absolute Gasteiger partial charge is 0.230 e. The lowest BCUT2D eigenvalue weighted by molar-refractivity contribution is -0.138. The molecule has 1 aromatic rings. The van der Waals surface area contributed by atoms with Crippen LogP contribution in [0.3, 0.4) is 0 Å². The molecule has 1 unspecified atom stereocenters. The summed E-state index contributed by atoms with van der Waals surface area (Å²) in [7, 11) is 5.44. The van der Waals surface area contributed by atoms with Gasteiger partial charge in [-0.1, -0.05) is 47.0 Å². The third-order valence-corrected chi connectivity index (χ3v) is 5.69. The highest BCUT2D eigenvalue weighted by atomic mass is 127. The zero-order chi connectivity index (χ0) is 18.4. The van der Waals surface area contributed by atoms with Crippen molar-refractivity contribution in [3.8, 4) is 0 Å². The molecule has 1 saturated carbocycles. The molecule has 0 spiro atoms. The minimum Gasteiger partial charge on any atom is -0.355 e. The Morgan fingerprint density at radius 3 is 2.46 bits per heavy atom. The van der Waals surface area contributed by atoms with E-state index in [4.69, 9.17) is 0 Å². The number of amides is 1. The van der Waals surface area contributed by atoms with Crippen LogP contribution in [0, 0.1) is 5.41 Å². The number of aliphatic imine (C=N–C) groups is 1. The van der Waals surface area contributed by atoms with E-state index < -0.39 is 0 Å². The number of rotatable bonds is 5. The molecular formula is C19H30BrIN4O. The Hall–Kier alpha value is -0.830. The zero-order valence-electron chi connectivity index (χ0n) is 16.0. The summed E-state index contributed by atoms with van der Waals surface area (Å²) in [5, 5.41) is 6.80. The molecule has 1 atom stereocenters. The number of carbonyl (C=O) groups is 1. The Morgan fingerprint density at radius 1 is 1.31 bits per heavy atom.